The molecule has 2 aromatic rings. The van der Waals surface area contributed by atoms with Crippen molar-refractivity contribution < 1.29 is 5.11 Å². The summed E-state index contributed by atoms with van der Waals surface area (Å²) in [6.07, 6.45) is 2.81. The SMILES string of the molecule is OC(c1cncs1)c1ccns1. The summed E-state index contributed by atoms with van der Waals surface area (Å²) in [7, 11) is 0. The molecule has 0 aliphatic rings. The van der Waals surface area contributed by atoms with E-state index in [1.54, 1.807) is 17.9 Å². The summed E-state index contributed by atoms with van der Waals surface area (Å²) in [6.45, 7) is 0. The maximum absolute atomic E-state index is 9.71. The van der Waals surface area contributed by atoms with Crippen molar-refractivity contribution in [3.8, 4) is 0 Å². The zero-order valence-corrected chi connectivity index (χ0v) is 7.68. The summed E-state index contributed by atoms with van der Waals surface area (Å²) >= 11 is 2.76. The van der Waals surface area contributed by atoms with E-state index in [1.807, 2.05) is 6.07 Å². The minimum Gasteiger partial charge on any atom is -0.382 e. The van der Waals surface area contributed by atoms with Crippen LogP contribution >= 0.6 is 22.9 Å². The highest BCUT2D eigenvalue weighted by Crippen LogP contribution is 2.26. The van der Waals surface area contributed by atoms with Gasteiger partial charge in [0.1, 0.15) is 6.10 Å². The van der Waals surface area contributed by atoms with Crippen LogP contribution in [0.3, 0.4) is 0 Å². The molecule has 2 rings (SSSR count). The lowest BCUT2D eigenvalue weighted by Crippen LogP contribution is -1.92. The van der Waals surface area contributed by atoms with E-state index in [-0.39, 0.29) is 0 Å². The van der Waals surface area contributed by atoms with Crippen LogP contribution in [0.4, 0.5) is 0 Å². The number of hydrogen-bond donors (Lipinski definition) is 1. The fraction of sp³-hybridized carbons (Fsp3) is 0.143. The third-order valence-corrected chi connectivity index (χ3v) is 3.07. The van der Waals surface area contributed by atoms with Crippen LogP contribution < -0.4 is 0 Å². The Labute approximate surface area is 77.5 Å². The highest BCUT2D eigenvalue weighted by Gasteiger charge is 2.12. The molecule has 0 bridgehead atoms. The first-order chi connectivity index (χ1) is 5.88. The summed E-state index contributed by atoms with van der Waals surface area (Å²) in [6, 6.07) is 1.81. The average Bonchev–Trinajstić information content (AvgIpc) is 2.77. The molecule has 62 valence electrons. The van der Waals surface area contributed by atoms with Crippen LogP contribution in [0.1, 0.15) is 15.9 Å². The largest absolute Gasteiger partial charge is 0.382 e. The molecule has 0 radical (unpaired) electrons. The Morgan fingerprint density at radius 1 is 1.42 bits per heavy atom. The maximum atomic E-state index is 9.71. The van der Waals surface area contributed by atoms with Crippen molar-refractivity contribution in [1.82, 2.24) is 9.36 Å². The molecule has 0 aliphatic heterocycles. The van der Waals surface area contributed by atoms with E-state index in [0.29, 0.717) is 0 Å². The van der Waals surface area contributed by atoms with Crippen molar-refractivity contribution in [3.63, 3.8) is 0 Å². The Hall–Kier alpha value is -0.780. The van der Waals surface area contributed by atoms with Crippen LogP contribution in [0.15, 0.2) is 24.0 Å². The fourth-order valence-corrected chi connectivity index (χ4v) is 2.16. The number of aliphatic hydroxyl groups excluding tert-OH is 1. The average molecular weight is 198 g/mol. The van der Waals surface area contributed by atoms with Gasteiger partial charge in [0.2, 0.25) is 0 Å². The Morgan fingerprint density at radius 3 is 2.92 bits per heavy atom. The second-order valence-electron chi connectivity index (χ2n) is 2.22. The molecule has 0 aromatic carbocycles. The van der Waals surface area contributed by atoms with Crippen molar-refractivity contribution in [2.45, 2.75) is 6.10 Å². The zero-order chi connectivity index (χ0) is 8.39. The summed E-state index contributed by atoms with van der Waals surface area (Å²) in [5.74, 6) is 0. The molecule has 0 aliphatic carbocycles. The van der Waals surface area contributed by atoms with Gasteiger partial charge in [-0.3, -0.25) is 4.98 Å². The molecule has 1 unspecified atom stereocenters. The first kappa shape index (κ1) is 7.85. The van der Waals surface area contributed by atoms with Crippen molar-refractivity contribution in [1.29, 1.82) is 0 Å². The minimum atomic E-state index is -0.551. The normalized spacial score (nSPS) is 13.1. The van der Waals surface area contributed by atoms with E-state index in [2.05, 4.69) is 9.36 Å². The number of nitrogens with zero attached hydrogens (tertiary/aromatic N) is 2. The molecule has 0 saturated heterocycles. The third kappa shape index (κ3) is 1.38. The predicted octanol–water partition coefficient (Wildman–Crippen LogP) is 1.68. The molecule has 1 atom stereocenters. The summed E-state index contributed by atoms with van der Waals surface area (Å²) in [4.78, 5) is 5.62. The minimum absolute atomic E-state index is 0.551. The van der Waals surface area contributed by atoms with Gasteiger partial charge >= 0.3 is 0 Å². The van der Waals surface area contributed by atoms with Crippen LogP contribution in [-0.2, 0) is 0 Å². The lowest BCUT2D eigenvalue weighted by atomic mass is 10.3. The molecule has 0 spiro atoms. The van der Waals surface area contributed by atoms with E-state index in [1.165, 1.54) is 22.9 Å². The number of rotatable bonds is 2. The third-order valence-electron chi connectivity index (χ3n) is 1.45. The Kier molecular flexibility index (Phi) is 2.16. The van der Waals surface area contributed by atoms with E-state index in [9.17, 15) is 5.11 Å². The van der Waals surface area contributed by atoms with Gasteiger partial charge in [-0.1, -0.05) is 0 Å². The monoisotopic (exact) mass is 198 g/mol. The zero-order valence-electron chi connectivity index (χ0n) is 6.04. The molecule has 0 fully saturated rings. The molecule has 0 amide bonds. The lowest BCUT2D eigenvalue weighted by Gasteiger charge is -2.02. The number of aliphatic hydroxyl groups is 1. The van der Waals surface area contributed by atoms with Crippen molar-refractivity contribution in [2.75, 3.05) is 0 Å². The van der Waals surface area contributed by atoms with E-state index >= 15 is 0 Å². The Balaban J connectivity index is 2.27. The van der Waals surface area contributed by atoms with E-state index in [4.69, 9.17) is 0 Å². The summed E-state index contributed by atoms with van der Waals surface area (Å²) < 4.78 is 3.92. The highest BCUT2D eigenvalue weighted by molar-refractivity contribution is 7.10. The van der Waals surface area contributed by atoms with Crippen LogP contribution in [0.2, 0.25) is 0 Å². The number of hydrogen-bond acceptors (Lipinski definition) is 5. The first-order valence-electron chi connectivity index (χ1n) is 3.35. The van der Waals surface area contributed by atoms with Gasteiger partial charge in [0.05, 0.1) is 15.3 Å². The molecular formula is C7H6N2OS2. The van der Waals surface area contributed by atoms with Gasteiger partial charge in [-0.2, -0.15) is 0 Å². The molecule has 3 nitrogen and oxygen atoms in total. The lowest BCUT2D eigenvalue weighted by molar-refractivity contribution is 0.228. The first-order valence-corrected chi connectivity index (χ1v) is 5.00. The van der Waals surface area contributed by atoms with Crippen LogP contribution in [0.5, 0.6) is 0 Å². The van der Waals surface area contributed by atoms with Gasteiger partial charge in [-0.15, -0.1) is 11.3 Å². The van der Waals surface area contributed by atoms with Crippen LogP contribution in [0.25, 0.3) is 0 Å². The van der Waals surface area contributed by atoms with E-state index in [0.717, 1.165) is 9.75 Å². The van der Waals surface area contributed by atoms with Crippen molar-refractivity contribution in [2.24, 2.45) is 0 Å². The summed E-state index contributed by atoms with van der Waals surface area (Å²) in [5, 5.41) is 9.71. The highest BCUT2D eigenvalue weighted by atomic mass is 32.1. The fourth-order valence-electron chi connectivity index (χ4n) is 0.868. The van der Waals surface area contributed by atoms with Crippen LogP contribution in [0, 0.1) is 0 Å². The molecule has 2 heterocycles. The van der Waals surface area contributed by atoms with E-state index < -0.39 is 6.10 Å². The van der Waals surface area contributed by atoms with Gasteiger partial charge in [0.25, 0.3) is 0 Å². The molecular weight excluding hydrogens is 192 g/mol. The molecule has 5 heteroatoms. The standard InChI is InChI=1S/C7H6N2OS2/c10-7(5-1-2-9-12-5)6-3-8-4-11-6/h1-4,7,10H. The van der Waals surface area contributed by atoms with Gasteiger partial charge in [-0.05, 0) is 17.6 Å². The molecule has 0 saturated carbocycles. The van der Waals surface area contributed by atoms with Gasteiger partial charge in [0, 0.05) is 12.4 Å². The van der Waals surface area contributed by atoms with Crippen molar-refractivity contribution in [3.05, 3.63) is 33.7 Å². The maximum Gasteiger partial charge on any atom is 0.125 e. The summed E-state index contributed by atoms with van der Waals surface area (Å²) in [5.41, 5.74) is 1.71. The topological polar surface area (TPSA) is 46.0 Å². The van der Waals surface area contributed by atoms with Crippen molar-refractivity contribution >= 4 is 22.9 Å². The smallest absolute Gasteiger partial charge is 0.125 e. The van der Waals surface area contributed by atoms with Gasteiger partial charge < -0.3 is 5.11 Å². The molecule has 1 N–H and O–H groups in total. The Bertz CT molecular complexity index is 296. The van der Waals surface area contributed by atoms with Gasteiger partial charge in [-0.25, -0.2) is 4.37 Å². The number of thiazole rings is 1. The molecule has 12 heavy (non-hydrogen) atoms. The number of aromatic nitrogens is 2. The molecule has 2 aromatic heterocycles. The quantitative estimate of drug-likeness (QED) is 0.798. The van der Waals surface area contributed by atoms with Gasteiger partial charge in [0.15, 0.2) is 0 Å². The second-order valence-corrected chi connectivity index (χ2v) is 4.00. The second kappa shape index (κ2) is 3.30. The van der Waals surface area contributed by atoms with Crippen LogP contribution in [-0.4, -0.2) is 14.5 Å². The predicted molar refractivity (Wildman–Crippen MR) is 48.3 cm³/mol. The Morgan fingerprint density at radius 2 is 2.33 bits per heavy atom.